The van der Waals surface area contributed by atoms with Crippen LogP contribution in [0.1, 0.15) is 35.7 Å². The third-order valence-corrected chi connectivity index (χ3v) is 3.78. The van der Waals surface area contributed by atoms with E-state index in [-0.39, 0.29) is 11.9 Å². The summed E-state index contributed by atoms with van der Waals surface area (Å²) >= 11 is 0. The van der Waals surface area contributed by atoms with E-state index in [1.165, 1.54) is 0 Å². The molecule has 1 fully saturated rings. The van der Waals surface area contributed by atoms with Crippen LogP contribution in [0.15, 0.2) is 18.2 Å². The van der Waals surface area contributed by atoms with Gasteiger partial charge in [0.25, 0.3) is 5.91 Å². The lowest BCUT2D eigenvalue weighted by Gasteiger charge is -2.28. The summed E-state index contributed by atoms with van der Waals surface area (Å²) in [6.07, 6.45) is 2.01. The largest absolute Gasteiger partial charge is 0.398 e. The SMILES string of the molecule is Cc1ccc(C(=O)NC(C)C2CCOCC2)c(N)c1. The zero-order valence-electron chi connectivity index (χ0n) is 11.6. The second-order valence-electron chi connectivity index (χ2n) is 5.30. The van der Waals surface area contributed by atoms with Crippen LogP contribution >= 0.6 is 0 Å². The number of nitrogen functional groups attached to an aromatic ring is 1. The fourth-order valence-electron chi connectivity index (χ4n) is 2.51. The van der Waals surface area contributed by atoms with Crippen molar-refractivity contribution in [3.8, 4) is 0 Å². The number of nitrogens with two attached hydrogens (primary N) is 1. The molecule has 1 aromatic carbocycles. The number of benzene rings is 1. The topological polar surface area (TPSA) is 64.3 Å². The minimum absolute atomic E-state index is 0.0866. The predicted molar refractivity (Wildman–Crippen MR) is 76.1 cm³/mol. The molecule has 4 heteroatoms. The number of hydrogen-bond acceptors (Lipinski definition) is 3. The number of anilines is 1. The summed E-state index contributed by atoms with van der Waals surface area (Å²) < 4.78 is 5.34. The molecular weight excluding hydrogens is 240 g/mol. The van der Waals surface area contributed by atoms with Crippen molar-refractivity contribution < 1.29 is 9.53 Å². The van der Waals surface area contributed by atoms with E-state index in [1.54, 1.807) is 6.07 Å². The summed E-state index contributed by atoms with van der Waals surface area (Å²) in [6, 6.07) is 5.67. The number of hydrogen-bond donors (Lipinski definition) is 2. The normalized spacial score (nSPS) is 18.0. The molecule has 1 unspecified atom stereocenters. The van der Waals surface area contributed by atoms with E-state index in [4.69, 9.17) is 10.5 Å². The summed E-state index contributed by atoms with van der Waals surface area (Å²) in [4.78, 5) is 12.2. The number of rotatable bonds is 3. The summed E-state index contributed by atoms with van der Waals surface area (Å²) in [5.74, 6) is 0.404. The molecule has 4 nitrogen and oxygen atoms in total. The molecule has 1 amide bonds. The van der Waals surface area contributed by atoms with Gasteiger partial charge < -0.3 is 15.8 Å². The zero-order valence-corrected chi connectivity index (χ0v) is 11.6. The van der Waals surface area contributed by atoms with Crippen molar-refractivity contribution in [2.75, 3.05) is 18.9 Å². The predicted octanol–water partition coefficient (Wildman–Crippen LogP) is 2.12. The first-order valence-electron chi connectivity index (χ1n) is 6.82. The Morgan fingerprint density at radius 2 is 2.11 bits per heavy atom. The van der Waals surface area contributed by atoms with Crippen molar-refractivity contribution in [1.82, 2.24) is 5.32 Å². The van der Waals surface area contributed by atoms with Gasteiger partial charge in [-0.1, -0.05) is 6.07 Å². The Labute approximate surface area is 114 Å². The Morgan fingerprint density at radius 3 is 2.74 bits per heavy atom. The van der Waals surface area contributed by atoms with Crippen molar-refractivity contribution in [1.29, 1.82) is 0 Å². The minimum atomic E-state index is -0.0866. The van der Waals surface area contributed by atoms with Gasteiger partial charge in [0, 0.05) is 24.9 Å². The zero-order chi connectivity index (χ0) is 13.8. The van der Waals surface area contributed by atoms with E-state index in [9.17, 15) is 4.79 Å². The van der Waals surface area contributed by atoms with Gasteiger partial charge in [-0.25, -0.2) is 0 Å². The van der Waals surface area contributed by atoms with Crippen LogP contribution in [-0.2, 0) is 4.74 Å². The van der Waals surface area contributed by atoms with Gasteiger partial charge in [0.15, 0.2) is 0 Å². The molecule has 1 heterocycles. The van der Waals surface area contributed by atoms with Crippen LogP contribution in [0.25, 0.3) is 0 Å². The van der Waals surface area contributed by atoms with Gasteiger partial charge in [0.1, 0.15) is 0 Å². The van der Waals surface area contributed by atoms with E-state index < -0.39 is 0 Å². The molecule has 1 saturated heterocycles. The Balaban J connectivity index is 1.99. The molecule has 1 aliphatic rings. The van der Waals surface area contributed by atoms with Gasteiger partial charge >= 0.3 is 0 Å². The lowest BCUT2D eigenvalue weighted by Crippen LogP contribution is -2.40. The number of carbonyl (C=O) groups is 1. The van der Waals surface area contributed by atoms with Crippen LogP contribution in [0.2, 0.25) is 0 Å². The molecule has 1 aliphatic heterocycles. The Hall–Kier alpha value is -1.55. The first kappa shape index (κ1) is 13.9. The number of aryl methyl sites for hydroxylation is 1. The number of carbonyl (C=O) groups excluding carboxylic acids is 1. The highest BCUT2D eigenvalue weighted by Gasteiger charge is 2.22. The third-order valence-electron chi connectivity index (χ3n) is 3.78. The smallest absolute Gasteiger partial charge is 0.253 e. The molecule has 0 aliphatic carbocycles. The van der Waals surface area contributed by atoms with Gasteiger partial charge in [-0.15, -0.1) is 0 Å². The Bertz CT molecular complexity index is 453. The Kier molecular flexibility index (Phi) is 4.43. The lowest BCUT2D eigenvalue weighted by molar-refractivity contribution is 0.0538. The molecule has 0 radical (unpaired) electrons. The first-order chi connectivity index (χ1) is 9.08. The van der Waals surface area contributed by atoms with Crippen LogP contribution < -0.4 is 11.1 Å². The lowest BCUT2D eigenvalue weighted by atomic mass is 9.92. The average molecular weight is 262 g/mol. The molecule has 0 saturated carbocycles. The maximum atomic E-state index is 12.2. The number of nitrogens with one attached hydrogen (secondary N) is 1. The molecule has 1 aromatic rings. The summed E-state index contributed by atoms with van der Waals surface area (Å²) in [5, 5.41) is 3.05. The van der Waals surface area contributed by atoms with Gasteiger partial charge in [0.2, 0.25) is 0 Å². The molecule has 19 heavy (non-hydrogen) atoms. The molecule has 3 N–H and O–H groups in total. The average Bonchev–Trinajstić information content (AvgIpc) is 2.39. The minimum Gasteiger partial charge on any atom is -0.398 e. The molecule has 0 aromatic heterocycles. The quantitative estimate of drug-likeness (QED) is 0.820. The van der Waals surface area contributed by atoms with Crippen LogP contribution in [-0.4, -0.2) is 25.2 Å². The number of ether oxygens (including phenoxy) is 1. The molecular formula is C15H22N2O2. The van der Waals surface area contributed by atoms with E-state index in [0.717, 1.165) is 31.6 Å². The van der Waals surface area contributed by atoms with E-state index >= 15 is 0 Å². The highest BCUT2D eigenvalue weighted by molar-refractivity contribution is 5.99. The van der Waals surface area contributed by atoms with Gasteiger partial charge in [-0.2, -0.15) is 0 Å². The second-order valence-corrected chi connectivity index (χ2v) is 5.30. The van der Waals surface area contributed by atoms with Crippen LogP contribution in [0.5, 0.6) is 0 Å². The van der Waals surface area contributed by atoms with Gasteiger partial charge in [-0.3, -0.25) is 4.79 Å². The van der Waals surface area contributed by atoms with Crippen molar-refractivity contribution in [3.05, 3.63) is 29.3 Å². The molecule has 104 valence electrons. The van der Waals surface area contributed by atoms with Crippen molar-refractivity contribution >= 4 is 11.6 Å². The highest BCUT2D eigenvalue weighted by Crippen LogP contribution is 2.20. The van der Waals surface area contributed by atoms with Crippen LogP contribution in [0.4, 0.5) is 5.69 Å². The molecule has 0 bridgehead atoms. The Morgan fingerprint density at radius 1 is 1.42 bits per heavy atom. The molecule has 1 atom stereocenters. The maximum Gasteiger partial charge on any atom is 0.253 e. The summed E-state index contributed by atoms with van der Waals surface area (Å²) in [6.45, 7) is 5.59. The molecule has 2 rings (SSSR count). The van der Waals surface area contributed by atoms with Gasteiger partial charge in [-0.05, 0) is 50.3 Å². The maximum absolute atomic E-state index is 12.2. The van der Waals surface area contributed by atoms with Crippen LogP contribution in [0.3, 0.4) is 0 Å². The second kappa shape index (κ2) is 6.06. The van der Waals surface area contributed by atoms with E-state index in [1.807, 2.05) is 19.1 Å². The van der Waals surface area contributed by atoms with Crippen LogP contribution in [0, 0.1) is 12.8 Å². The monoisotopic (exact) mass is 262 g/mol. The number of amides is 1. The molecule has 0 spiro atoms. The van der Waals surface area contributed by atoms with Gasteiger partial charge in [0.05, 0.1) is 5.56 Å². The first-order valence-corrected chi connectivity index (χ1v) is 6.82. The van der Waals surface area contributed by atoms with Crippen molar-refractivity contribution in [3.63, 3.8) is 0 Å². The van der Waals surface area contributed by atoms with E-state index in [2.05, 4.69) is 12.2 Å². The highest BCUT2D eigenvalue weighted by atomic mass is 16.5. The standard InChI is InChI=1S/C15H22N2O2/c1-10-3-4-13(14(16)9-10)15(18)17-11(2)12-5-7-19-8-6-12/h3-4,9,11-12H,5-8,16H2,1-2H3,(H,17,18). The van der Waals surface area contributed by atoms with Crippen molar-refractivity contribution in [2.24, 2.45) is 5.92 Å². The third kappa shape index (κ3) is 3.47. The van der Waals surface area contributed by atoms with E-state index in [0.29, 0.717) is 17.2 Å². The fourth-order valence-corrected chi connectivity index (χ4v) is 2.51. The summed E-state index contributed by atoms with van der Waals surface area (Å²) in [7, 11) is 0. The summed E-state index contributed by atoms with van der Waals surface area (Å²) in [5.41, 5.74) is 8.06. The van der Waals surface area contributed by atoms with Crippen molar-refractivity contribution in [2.45, 2.75) is 32.7 Å². The fraction of sp³-hybridized carbons (Fsp3) is 0.533.